The molecular formula is C18H18N4O2. The highest BCUT2D eigenvalue weighted by Gasteiger charge is 2.07. The van der Waals surface area contributed by atoms with Gasteiger partial charge in [-0.15, -0.1) is 0 Å². The first-order valence-corrected chi connectivity index (χ1v) is 7.70. The standard InChI is InChI=1S/C18H18N4O2/c23-18(24-14-15-6-2-1-3-7-15)21-11-13-22-12-10-20-17(22)16-8-4-5-9-19-16/h1-10,12H,11,13-14H2,(H,21,23). The Morgan fingerprint density at radius 3 is 2.67 bits per heavy atom. The Hall–Kier alpha value is -3.15. The zero-order valence-electron chi connectivity index (χ0n) is 13.1. The summed E-state index contributed by atoms with van der Waals surface area (Å²) < 4.78 is 7.12. The smallest absolute Gasteiger partial charge is 0.407 e. The molecule has 6 nitrogen and oxygen atoms in total. The van der Waals surface area contributed by atoms with Crippen molar-refractivity contribution in [2.45, 2.75) is 13.2 Å². The van der Waals surface area contributed by atoms with Crippen LogP contribution >= 0.6 is 0 Å². The van der Waals surface area contributed by atoms with Crippen LogP contribution in [0.1, 0.15) is 5.56 Å². The topological polar surface area (TPSA) is 69.0 Å². The average Bonchev–Trinajstić information content (AvgIpc) is 3.10. The SMILES string of the molecule is O=C(NCCn1ccnc1-c1ccccn1)OCc1ccccc1. The summed E-state index contributed by atoms with van der Waals surface area (Å²) in [4.78, 5) is 20.3. The van der Waals surface area contributed by atoms with Crippen LogP contribution in [0.2, 0.25) is 0 Å². The van der Waals surface area contributed by atoms with Crippen LogP contribution in [0.4, 0.5) is 4.79 Å². The van der Waals surface area contributed by atoms with E-state index in [1.165, 1.54) is 0 Å². The minimum atomic E-state index is -0.432. The molecule has 3 aromatic rings. The van der Waals surface area contributed by atoms with E-state index >= 15 is 0 Å². The molecule has 0 unspecified atom stereocenters. The fourth-order valence-corrected chi connectivity index (χ4v) is 2.27. The van der Waals surface area contributed by atoms with E-state index in [0.29, 0.717) is 13.1 Å². The van der Waals surface area contributed by atoms with E-state index in [2.05, 4.69) is 15.3 Å². The molecule has 0 atom stereocenters. The number of imidazole rings is 1. The summed E-state index contributed by atoms with van der Waals surface area (Å²) in [6.45, 7) is 1.30. The lowest BCUT2D eigenvalue weighted by Gasteiger charge is -2.09. The van der Waals surface area contributed by atoms with E-state index in [9.17, 15) is 4.79 Å². The highest BCUT2D eigenvalue weighted by molar-refractivity contribution is 5.67. The Balaban J connectivity index is 1.47. The van der Waals surface area contributed by atoms with Crippen molar-refractivity contribution in [3.8, 4) is 11.5 Å². The van der Waals surface area contributed by atoms with Crippen LogP contribution in [0.3, 0.4) is 0 Å². The van der Waals surface area contributed by atoms with Crippen molar-refractivity contribution in [1.29, 1.82) is 0 Å². The van der Waals surface area contributed by atoms with Gasteiger partial charge in [0.05, 0.1) is 0 Å². The molecule has 0 saturated heterocycles. The van der Waals surface area contributed by atoms with E-state index < -0.39 is 6.09 Å². The Morgan fingerprint density at radius 1 is 1.04 bits per heavy atom. The van der Waals surface area contributed by atoms with Gasteiger partial charge in [-0.3, -0.25) is 4.98 Å². The molecule has 0 bridgehead atoms. The number of alkyl carbamates (subject to hydrolysis) is 1. The molecule has 0 aliphatic heterocycles. The van der Waals surface area contributed by atoms with Gasteiger partial charge in [0.1, 0.15) is 12.3 Å². The molecule has 24 heavy (non-hydrogen) atoms. The lowest BCUT2D eigenvalue weighted by atomic mass is 10.2. The maximum atomic E-state index is 11.7. The number of hydrogen-bond acceptors (Lipinski definition) is 4. The summed E-state index contributed by atoms with van der Waals surface area (Å²) in [6, 6.07) is 15.3. The number of benzene rings is 1. The third kappa shape index (κ3) is 4.19. The quantitative estimate of drug-likeness (QED) is 0.757. The van der Waals surface area contributed by atoms with Crippen LogP contribution in [0.15, 0.2) is 67.1 Å². The van der Waals surface area contributed by atoms with Crippen LogP contribution in [-0.2, 0) is 17.9 Å². The fraction of sp³-hybridized carbons (Fsp3) is 0.167. The van der Waals surface area contributed by atoms with Crippen molar-refractivity contribution in [3.63, 3.8) is 0 Å². The second kappa shape index (κ2) is 7.92. The highest BCUT2D eigenvalue weighted by Crippen LogP contribution is 2.13. The second-order valence-electron chi connectivity index (χ2n) is 5.15. The van der Waals surface area contributed by atoms with Crippen LogP contribution in [0, 0.1) is 0 Å². The van der Waals surface area contributed by atoms with Gasteiger partial charge in [0.25, 0.3) is 0 Å². The van der Waals surface area contributed by atoms with Gasteiger partial charge in [-0.2, -0.15) is 0 Å². The van der Waals surface area contributed by atoms with Crippen LogP contribution in [0.25, 0.3) is 11.5 Å². The van der Waals surface area contributed by atoms with Gasteiger partial charge in [-0.25, -0.2) is 9.78 Å². The molecule has 0 spiro atoms. The van der Waals surface area contributed by atoms with E-state index in [0.717, 1.165) is 17.1 Å². The molecule has 1 N–H and O–H groups in total. The normalized spacial score (nSPS) is 10.3. The predicted octanol–water partition coefficient (Wildman–Crippen LogP) is 2.87. The number of aromatic nitrogens is 3. The molecule has 6 heteroatoms. The van der Waals surface area contributed by atoms with Gasteiger partial charge < -0.3 is 14.6 Å². The Bertz CT molecular complexity index is 772. The first-order chi connectivity index (χ1) is 11.8. The fourth-order valence-electron chi connectivity index (χ4n) is 2.27. The van der Waals surface area contributed by atoms with Crippen LogP contribution in [-0.4, -0.2) is 27.2 Å². The molecule has 1 amide bonds. The van der Waals surface area contributed by atoms with Crippen LogP contribution < -0.4 is 5.32 Å². The molecule has 122 valence electrons. The van der Waals surface area contributed by atoms with Crippen LogP contribution in [0.5, 0.6) is 0 Å². The van der Waals surface area contributed by atoms with E-state index in [1.54, 1.807) is 12.4 Å². The predicted molar refractivity (Wildman–Crippen MR) is 90.1 cm³/mol. The molecule has 0 aliphatic rings. The Morgan fingerprint density at radius 2 is 1.88 bits per heavy atom. The van der Waals surface area contributed by atoms with Gasteiger partial charge in [-0.05, 0) is 17.7 Å². The minimum absolute atomic E-state index is 0.261. The number of nitrogens with zero attached hydrogens (tertiary/aromatic N) is 3. The summed E-state index contributed by atoms with van der Waals surface area (Å²) in [5.74, 6) is 0.773. The van der Waals surface area contributed by atoms with Crippen molar-refractivity contribution in [3.05, 3.63) is 72.7 Å². The van der Waals surface area contributed by atoms with E-state index in [4.69, 9.17) is 4.74 Å². The number of rotatable bonds is 6. The van der Waals surface area contributed by atoms with E-state index in [1.807, 2.05) is 59.3 Å². The largest absolute Gasteiger partial charge is 0.445 e. The zero-order valence-corrected chi connectivity index (χ0v) is 13.1. The summed E-state index contributed by atoms with van der Waals surface area (Å²) in [6.07, 6.45) is 4.88. The molecule has 0 saturated carbocycles. The molecular weight excluding hydrogens is 304 g/mol. The third-order valence-electron chi connectivity index (χ3n) is 3.44. The number of amides is 1. The minimum Gasteiger partial charge on any atom is -0.445 e. The first-order valence-electron chi connectivity index (χ1n) is 7.70. The van der Waals surface area contributed by atoms with Gasteiger partial charge in [0, 0.05) is 31.7 Å². The van der Waals surface area contributed by atoms with Crippen molar-refractivity contribution >= 4 is 6.09 Å². The third-order valence-corrected chi connectivity index (χ3v) is 3.44. The van der Waals surface area contributed by atoms with Crippen molar-refractivity contribution in [2.24, 2.45) is 0 Å². The average molecular weight is 322 g/mol. The number of carbonyl (C=O) groups is 1. The number of pyridine rings is 1. The lowest BCUT2D eigenvalue weighted by Crippen LogP contribution is -2.27. The summed E-state index contributed by atoms with van der Waals surface area (Å²) >= 11 is 0. The molecule has 2 aromatic heterocycles. The second-order valence-corrected chi connectivity index (χ2v) is 5.15. The number of hydrogen-bond donors (Lipinski definition) is 1. The van der Waals surface area contributed by atoms with Gasteiger partial charge in [0.2, 0.25) is 0 Å². The zero-order chi connectivity index (χ0) is 16.6. The summed E-state index contributed by atoms with van der Waals surface area (Å²) in [5.41, 5.74) is 1.76. The maximum absolute atomic E-state index is 11.7. The highest BCUT2D eigenvalue weighted by atomic mass is 16.5. The number of carbonyl (C=O) groups excluding carboxylic acids is 1. The molecule has 1 aromatic carbocycles. The Kier molecular flexibility index (Phi) is 5.19. The molecule has 2 heterocycles. The van der Waals surface area contributed by atoms with Gasteiger partial charge >= 0.3 is 6.09 Å². The molecule has 3 rings (SSSR count). The van der Waals surface area contributed by atoms with Gasteiger partial charge in [0.15, 0.2) is 5.82 Å². The molecule has 0 fully saturated rings. The molecule has 0 radical (unpaired) electrons. The molecule has 0 aliphatic carbocycles. The van der Waals surface area contributed by atoms with E-state index in [-0.39, 0.29) is 6.61 Å². The summed E-state index contributed by atoms with van der Waals surface area (Å²) in [7, 11) is 0. The van der Waals surface area contributed by atoms with Crippen molar-refractivity contribution in [2.75, 3.05) is 6.54 Å². The summed E-state index contributed by atoms with van der Waals surface area (Å²) in [5, 5.41) is 2.74. The van der Waals surface area contributed by atoms with Crippen molar-refractivity contribution < 1.29 is 9.53 Å². The Labute approximate surface area is 140 Å². The lowest BCUT2D eigenvalue weighted by molar-refractivity contribution is 0.139. The van der Waals surface area contributed by atoms with Crippen molar-refractivity contribution in [1.82, 2.24) is 19.9 Å². The monoisotopic (exact) mass is 322 g/mol. The number of ether oxygens (including phenoxy) is 1. The van der Waals surface area contributed by atoms with Gasteiger partial charge in [-0.1, -0.05) is 36.4 Å². The first kappa shape index (κ1) is 15.7. The maximum Gasteiger partial charge on any atom is 0.407 e. The number of nitrogens with one attached hydrogen (secondary N) is 1.